The van der Waals surface area contributed by atoms with Gasteiger partial charge >= 0.3 is 0 Å². The van der Waals surface area contributed by atoms with Crippen LogP contribution in [0.5, 0.6) is 0 Å². The van der Waals surface area contributed by atoms with E-state index in [1.165, 1.54) is 5.56 Å². The second-order valence-corrected chi connectivity index (χ2v) is 5.65. The number of aryl methyl sites for hydroxylation is 3. The van der Waals surface area contributed by atoms with Gasteiger partial charge in [-0.05, 0) is 43.0 Å². The summed E-state index contributed by atoms with van der Waals surface area (Å²) >= 11 is 0. The highest BCUT2D eigenvalue weighted by Gasteiger charge is 2.16. The second kappa shape index (κ2) is 6.60. The van der Waals surface area contributed by atoms with Crippen LogP contribution < -0.4 is 5.56 Å². The summed E-state index contributed by atoms with van der Waals surface area (Å²) in [5.74, 6) is -0.260. The summed E-state index contributed by atoms with van der Waals surface area (Å²) in [6.45, 7) is 6.29. The first-order chi connectivity index (χ1) is 10.4. The normalized spacial score (nSPS) is 10.5. The number of H-pyrrole nitrogens is 1. The summed E-state index contributed by atoms with van der Waals surface area (Å²) in [5, 5.41) is 0. The number of nitrogens with one attached hydrogen (secondary N) is 1. The molecule has 0 fully saturated rings. The summed E-state index contributed by atoms with van der Waals surface area (Å²) in [5.41, 5.74) is 3.87. The highest BCUT2D eigenvalue weighted by Crippen LogP contribution is 2.10. The number of hydrogen-bond acceptors (Lipinski definition) is 2. The van der Waals surface area contributed by atoms with Gasteiger partial charge in [0.1, 0.15) is 5.56 Å². The molecule has 1 N–H and O–H groups in total. The molecule has 1 aromatic carbocycles. The number of nitrogens with zero attached hydrogens (tertiary/aromatic N) is 1. The lowest BCUT2D eigenvalue weighted by atomic mass is 10.1. The van der Waals surface area contributed by atoms with Crippen LogP contribution >= 0.6 is 0 Å². The Kier molecular flexibility index (Phi) is 4.81. The van der Waals surface area contributed by atoms with E-state index >= 15 is 0 Å². The molecule has 0 saturated carbocycles. The van der Waals surface area contributed by atoms with E-state index < -0.39 is 0 Å². The van der Waals surface area contributed by atoms with Crippen molar-refractivity contribution in [2.24, 2.45) is 0 Å². The lowest BCUT2D eigenvalue weighted by Gasteiger charge is -2.17. The van der Waals surface area contributed by atoms with Gasteiger partial charge in [-0.3, -0.25) is 9.59 Å². The molecule has 0 radical (unpaired) electrons. The zero-order chi connectivity index (χ0) is 16.3. The molecule has 4 heteroatoms. The first-order valence-corrected chi connectivity index (χ1v) is 7.46. The Morgan fingerprint density at radius 3 is 2.32 bits per heavy atom. The number of carbonyl (C=O) groups is 1. The first kappa shape index (κ1) is 16.0. The third-order valence-corrected chi connectivity index (χ3v) is 3.93. The van der Waals surface area contributed by atoms with Gasteiger partial charge in [-0.15, -0.1) is 0 Å². The average Bonchev–Trinajstić information content (AvgIpc) is 2.51. The van der Waals surface area contributed by atoms with E-state index in [0.717, 1.165) is 23.2 Å². The molecule has 0 atom stereocenters. The van der Waals surface area contributed by atoms with E-state index in [0.29, 0.717) is 6.54 Å². The van der Waals surface area contributed by atoms with Crippen molar-refractivity contribution < 1.29 is 4.79 Å². The summed E-state index contributed by atoms with van der Waals surface area (Å²) in [6.07, 6.45) is 0.993. The summed E-state index contributed by atoms with van der Waals surface area (Å²) in [7, 11) is 1.71. The minimum atomic E-state index is -0.332. The fourth-order valence-corrected chi connectivity index (χ4v) is 2.32. The molecule has 2 aromatic rings. The molecule has 116 valence electrons. The molecule has 1 heterocycles. The van der Waals surface area contributed by atoms with E-state index in [9.17, 15) is 9.59 Å². The molecular formula is C18H22N2O2. The van der Waals surface area contributed by atoms with Crippen molar-refractivity contribution in [1.82, 2.24) is 9.88 Å². The van der Waals surface area contributed by atoms with Crippen molar-refractivity contribution in [2.75, 3.05) is 7.05 Å². The Labute approximate surface area is 130 Å². The van der Waals surface area contributed by atoms with E-state index in [-0.39, 0.29) is 17.0 Å². The maximum atomic E-state index is 12.5. The number of pyridine rings is 1. The molecule has 0 unspecified atom stereocenters. The maximum Gasteiger partial charge on any atom is 0.261 e. The Hall–Kier alpha value is -2.36. The van der Waals surface area contributed by atoms with Crippen LogP contribution in [-0.4, -0.2) is 22.8 Å². The summed E-state index contributed by atoms with van der Waals surface area (Å²) in [4.78, 5) is 28.7. The lowest BCUT2D eigenvalue weighted by molar-refractivity contribution is 0.0783. The van der Waals surface area contributed by atoms with Crippen LogP contribution in [0.2, 0.25) is 0 Å². The Balaban J connectivity index is 2.18. The predicted octanol–water partition coefficient (Wildman–Crippen LogP) is 2.83. The van der Waals surface area contributed by atoms with Crippen molar-refractivity contribution in [2.45, 2.75) is 33.7 Å². The van der Waals surface area contributed by atoms with Gasteiger partial charge in [-0.25, -0.2) is 0 Å². The molecule has 1 aromatic heterocycles. The number of benzene rings is 1. The number of rotatable bonds is 4. The molecule has 0 saturated heterocycles. The first-order valence-electron chi connectivity index (χ1n) is 7.46. The number of aromatic amines is 1. The highest BCUT2D eigenvalue weighted by atomic mass is 16.2. The van der Waals surface area contributed by atoms with Crippen LogP contribution in [0.1, 0.15) is 39.7 Å². The Bertz CT molecular complexity index is 730. The van der Waals surface area contributed by atoms with E-state index in [2.05, 4.69) is 24.0 Å². The fourth-order valence-electron chi connectivity index (χ4n) is 2.32. The average molecular weight is 298 g/mol. The quantitative estimate of drug-likeness (QED) is 0.943. The summed E-state index contributed by atoms with van der Waals surface area (Å²) in [6, 6.07) is 9.83. The standard InChI is InChI=1S/C18H22N2O2/c1-5-14-6-8-15(9-7-14)11-20(4)18(22)16-10-12(2)13(3)19-17(16)21/h6-10H,5,11H2,1-4H3,(H,19,21). The minimum Gasteiger partial charge on any atom is -0.337 e. The monoisotopic (exact) mass is 298 g/mol. The largest absolute Gasteiger partial charge is 0.337 e. The van der Waals surface area contributed by atoms with Crippen LogP contribution in [0, 0.1) is 13.8 Å². The molecule has 0 aliphatic carbocycles. The molecule has 0 aliphatic heterocycles. The minimum absolute atomic E-state index is 0.191. The number of amides is 1. The molecule has 2 rings (SSSR count). The lowest BCUT2D eigenvalue weighted by Crippen LogP contribution is -2.31. The van der Waals surface area contributed by atoms with Gasteiger partial charge in [0.15, 0.2) is 0 Å². The van der Waals surface area contributed by atoms with Gasteiger partial charge in [-0.2, -0.15) is 0 Å². The van der Waals surface area contributed by atoms with Gasteiger partial charge in [0.25, 0.3) is 11.5 Å². The third-order valence-electron chi connectivity index (χ3n) is 3.93. The van der Waals surface area contributed by atoms with Crippen molar-refractivity contribution in [3.05, 3.63) is 68.6 Å². The van der Waals surface area contributed by atoms with Gasteiger partial charge < -0.3 is 9.88 Å². The van der Waals surface area contributed by atoms with Crippen LogP contribution in [0.3, 0.4) is 0 Å². The van der Waals surface area contributed by atoms with E-state index in [1.807, 2.05) is 26.0 Å². The maximum absolute atomic E-state index is 12.5. The molecule has 22 heavy (non-hydrogen) atoms. The van der Waals surface area contributed by atoms with Gasteiger partial charge in [-0.1, -0.05) is 31.2 Å². The third kappa shape index (κ3) is 3.45. The van der Waals surface area contributed by atoms with Crippen molar-refractivity contribution in [3.63, 3.8) is 0 Å². The fraction of sp³-hybridized carbons (Fsp3) is 0.333. The highest BCUT2D eigenvalue weighted by molar-refractivity contribution is 5.93. The zero-order valence-corrected chi connectivity index (χ0v) is 13.6. The number of aromatic nitrogens is 1. The Morgan fingerprint density at radius 2 is 1.73 bits per heavy atom. The van der Waals surface area contributed by atoms with Crippen LogP contribution in [0.25, 0.3) is 0 Å². The molecule has 0 aliphatic rings. The van der Waals surface area contributed by atoms with Crippen molar-refractivity contribution >= 4 is 5.91 Å². The van der Waals surface area contributed by atoms with Crippen molar-refractivity contribution in [1.29, 1.82) is 0 Å². The molecule has 1 amide bonds. The number of hydrogen-bond donors (Lipinski definition) is 1. The van der Waals surface area contributed by atoms with Crippen LogP contribution in [0.15, 0.2) is 35.1 Å². The van der Waals surface area contributed by atoms with Crippen molar-refractivity contribution in [3.8, 4) is 0 Å². The molecular weight excluding hydrogens is 276 g/mol. The second-order valence-electron chi connectivity index (χ2n) is 5.65. The molecule has 4 nitrogen and oxygen atoms in total. The van der Waals surface area contributed by atoms with Crippen LogP contribution in [-0.2, 0) is 13.0 Å². The SMILES string of the molecule is CCc1ccc(CN(C)C(=O)c2cc(C)c(C)[nH]c2=O)cc1. The van der Waals surface area contributed by atoms with E-state index in [4.69, 9.17) is 0 Å². The van der Waals surface area contributed by atoms with Crippen LogP contribution in [0.4, 0.5) is 0 Å². The van der Waals surface area contributed by atoms with Gasteiger partial charge in [0.2, 0.25) is 0 Å². The molecule has 0 spiro atoms. The van der Waals surface area contributed by atoms with Gasteiger partial charge in [0.05, 0.1) is 0 Å². The van der Waals surface area contributed by atoms with Gasteiger partial charge in [0, 0.05) is 19.3 Å². The number of carbonyl (C=O) groups excluding carboxylic acids is 1. The topological polar surface area (TPSA) is 53.2 Å². The van der Waals surface area contributed by atoms with E-state index in [1.54, 1.807) is 18.0 Å². The summed E-state index contributed by atoms with van der Waals surface area (Å²) < 4.78 is 0. The Morgan fingerprint density at radius 1 is 1.14 bits per heavy atom. The predicted molar refractivity (Wildman–Crippen MR) is 88.2 cm³/mol. The zero-order valence-electron chi connectivity index (χ0n) is 13.6. The molecule has 0 bridgehead atoms. The smallest absolute Gasteiger partial charge is 0.261 e.